The molecule has 0 spiro atoms. The summed E-state index contributed by atoms with van der Waals surface area (Å²) in [7, 11) is 1.56. The van der Waals surface area contributed by atoms with Crippen molar-refractivity contribution >= 4 is 23.1 Å². The quantitative estimate of drug-likeness (QED) is 0.738. The molecule has 0 bridgehead atoms. The molecule has 1 aromatic rings. The molecule has 0 aromatic heterocycles. The van der Waals surface area contributed by atoms with Crippen molar-refractivity contribution in [2.45, 2.75) is 26.2 Å². The maximum Gasteiger partial charge on any atom is 0.260 e. The van der Waals surface area contributed by atoms with Crippen molar-refractivity contribution in [1.82, 2.24) is 0 Å². The molecule has 0 radical (unpaired) electrons. The van der Waals surface area contributed by atoms with E-state index in [0.29, 0.717) is 5.17 Å². The summed E-state index contributed by atoms with van der Waals surface area (Å²) in [5, 5.41) is 3.40. The van der Waals surface area contributed by atoms with Gasteiger partial charge < -0.3 is 10.1 Å². The summed E-state index contributed by atoms with van der Waals surface area (Å²) in [5.74, 6) is 0. The van der Waals surface area contributed by atoms with E-state index in [1.807, 2.05) is 12.1 Å². The van der Waals surface area contributed by atoms with Crippen molar-refractivity contribution < 1.29 is 4.74 Å². The predicted molar refractivity (Wildman–Crippen MR) is 68.4 cm³/mol. The van der Waals surface area contributed by atoms with E-state index in [-0.39, 0.29) is 5.41 Å². The minimum absolute atomic E-state index is 0.145. The van der Waals surface area contributed by atoms with Gasteiger partial charge in [0.15, 0.2) is 0 Å². The van der Waals surface area contributed by atoms with Gasteiger partial charge in [-0.05, 0) is 35.3 Å². The minimum Gasteiger partial charge on any atom is -0.474 e. The van der Waals surface area contributed by atoms with Crippen LogP contribution in [-0.2, 0) is 10.2 Å². The maximum absolute atomic E-state index is 4.94. The molecular formula is C12H17NOS. The number of hydrogen-bond acceptors (Lipinski definition) is 2. The van der Waals surface area contributed by atoms with E-state index in [0.717, 1.165) is 5.69 Å². The van der Waals surface area contributed by atoms with Gasteiger partial charge in [0.2, 0.25) is 0 Å². The van der Waals surface area contributed by atoms with Crippen molar-refractivity contribution in [3.8, 4) is 0 Å². The second kappa shape index (κ2) is 4.62. The SMILES string of the molecule is COC(=S)Nc1cccc(C(C)(C)C)c1. The van der Waals surface area contributed by atoms with Crippen LogP contribution in [0.1, 0.15) is 26.3 Å². The number of benzene rings is 1. The molecule has 0 saturated heterocycles. The molecule has 0 fully saturated rings. The summed E-state index contributed by atoms with van der Waals surface area (Å²) in [5.41, 5.74) is 2.38. The number of ether oxygens (including phenoxy) is 1. The Morgan fingerprint density at radius 1 is 1.33 bits per heavy atom. The highest BCUT2D eigenvalue weighted by Gasteiger charge is 2.13. The van der Waals surface area contributed by atoms with Crippen molar-refractivity contribution in [2.75, 3.05) is 12.4 Å². The molecule has 1 aromatic carbocycles. The zero-order chi connectivity index (χ0) is 11.5. The summed E-state index contributed by atoms with van der Waals surface area (Å²) in [4.78, 5) is 0. The van der Waals surface area contributed by atoms with Crippen molar-refractivity contribution in [1.29, 1.82) is 0 Å². The molecule has 0 atom stereocenters. The highest BCUT2D eigenvalue weighted by molar-refractivity contribution is 7.80. The Morgan fingerprint density at radius 2 is 2.00 bits per heavy atom. The normalized spacial score (nSPS) is 10.9. The second-order valence-electron chi connectivity index (χ2n) is 4.45. The van der Waals surface area contributed by atoms with Crippen LogP contribution in [0.25, 0.3) is 0 Å². The van der Waals surface area contributed by atoms with Crippen LogP contribution in [0.2, 0.25) is 0 Å². The van der Waals surface area contributed by atoms with E-state index in [1.54, 1.807) is 7.11 Å². The van der Waals surface area contributed by atoms with E-state index in [4.69, 9.17) is 17.0 Å². The fourth-order valence-electron chi connectivity index (χ4n) is 1.23. The lowest BCUT2D eigenvalue weighted by Crippen LogP contribution is -2.14. The molecule has 0 unspecified atom stereocenters. The fraction of sp³-hybridized carbons (Fsp3) is 0.417. The Balaban J connectivity index is 2.88. The molecule has 0 heterocycles. The molecular weight excluding hydrogens is 206 g/mol. The first-order valence-electron chi connectivity index (χ1n) is 4.89. The second-order valence-corrected chi connectivity index (χ2v) is 4.82. The highest BCUT2D eigenvalue weighted by Crippen LogP contribution is 2.24. The lowest BCUT2D eigenvalue weighted by Gasteiger charge is -2.20. The lowest BCUT2D eigenvalue weighted by atomic mass is 9.87. The van der Waals surface area contributed by atoms with Crippen LogP contribution in [0.5, 0.6) is 0 Å². The van der Waals surface area contributed by atoms with Crippen LogP contribution in [0.3, 0.4) is 0 Å². The Hall–Kier alpha value is -1.09. The third kappa shape index (κ3) is 3.51. The summed E-state index contributed by atoms with van der Waals surface area (Å²) < 4.78 is 4.90. The van der Waals surface area contributed by atoms with Gasteiger partial charge in [-0.3, -0.25) is 0 Å². The average Bonchev–Trinajstić information content (AvgIpc) is 2.17. The smallest absolute Gasteiger partial charge is 0.260 e. The molecule has 0 aliphatic carbocycles. The summed E-state index contributed by atoms with van der Waals surface area (Å²) in [6.07, 6.45) is 0. The molecule has 15 heavy (non-hydrogen) atoms. The third-order valence-corrected chi connectivity index (χ3v) is 2.43. The van der Waals surface area contributed by atoms with Gasteiger partial charge >= 0.3 is 0 Å². The largest absolute Gasteiger partial charge is 0.474 e. The molecule has 0 amide bonds. The molecule has 1 N–H and O–H groups in total. The zero-order valence-electron chi connectivity index (χ0n) is 9.63. The number of hydrogen-bond donors (Lipinski definition) is 1. The minimum atomic E-state index is 0.145. The molecule has 82 valence electrons. The van der Waals surface area contributed by atoms with E-state index in [2.05, 4.69) is 38.2 Å². The lowest BCUT2D eigenvalue weighted by molar-refractivity contribution is 0.413. The molecule has 2 nitrogen and oxygen atoms in total. The Labute approximate surface area is 96.6 Å². The number of nitrogens with one attached hydrogen (secondary N) is 1. The number of anilines is 1. The molecule has 0 aliphatic heterocycles. The topological polar surface area (TPSA) is 21.3 Å². The van der Waals surface area contributed by atoms with Gasteiger partial charge in [-0.1, -0.05) is 32.9 Å². The molecule has 1 rings (SSSR count). The Kier molecular flexibility index (Phi) is 3.69. The Morgan fingerprint density at radius 3 is 2.53 bits per heavy atom. The third-order valence-electron chi connectivity index (χ3n) is 2.16. The summed E-state index contributed by atoms with van der Waals surface area (Å²) in [6, 6.07) is 8.19. The van der Waals surface area contributed by atoms with Gasteiger partial charge in [0, 0.05) is 5.69 Å². The van der Waals surface area contributed by atoms with E-state index < -0.39 is 0 Å². The van der Waals surface area contributed by atoms with Gasteiger partial charge in [0.1, 0.15) is 0 Å². The number of rotatable bonds is 1. The zero-order valence-corrected chi connectivity index (χ0v) is 10.4. The standard InChI is InChI=1S/C12H17NOS/c1-12(2,3)9-6-5-7-10(8-9)13-11(15)14-4/h5-8H,1-4H3,(H,13,15). The maximum atomic E-state index is 4.94. The van der Waals surface area contributed by atoms with E-state index in [9.17, 15) is 0 Å². The van der Waals surface area contributed by atoms with Crippen molar-refractivity contribution in [3.63, 3.8) is 0 Å². The average molecular weight is 223 g/mol. The molecule has 3 heteroatoms. The van der Waals surface area contributed by atoms with Crippen molar-refractivity contribution in [2.24, 2.45) is 0 Å². The van der Waals surface area contributed by atoms with E-state index >= 15 is 0 Å². The van der Waals surface area contributed by atoms with E-state index in [1.165, 1.54) is 5.56 Å². The highest BCUT2D eigenvalue weighted by atomic mass is 32.1. The Bertz CT molecular complexity index is 355. The summed E-state index contributed by atoms with van der Waals surface area (Å²) >= 11 is 4.94. The first-order valence-corrected chi connectivity index (χ1v) is 5.30. The van der Waals surface area contributed by atoms with Gasteiger partial charge in [0.25, 0.3) is 5.17 Å². The van der Waals surface area contributed by atoms with Crippen LogP contribution < -0.4 is 5.32 Å². The van der Waals surface area contributed by atoms with Crippen LogP contribution in [-0.4, -0.2) is 12.3 Å². The van der Waals surface area contributed by atoms with Crippen LogP contribution in [0.4, 0.5) is 5.69 Å². The van der Waals surface area contributed by atoms with Crippen LogP contribution in [0.15, 0.2) is 24.3 Å². The number of thiocarbonyl (C=S) groups is 1. The first-order chi connectivity index (χ1) is 6.93. The fourth-order valence-corrected chi connectivity index (χ4v) is 1.35. The molecule has 0 aliphatic rings. The van der Waals surface area contributed by atoms with Crippen LogP contribution >= 0.6 is 12.2 Å². The van der Waals surface area contributed by atoms with Crippen molar-refractivity contribution in [3.05, 3.63) is 29.8 Å². The number of methoxy groups -OCH3 is 1. The summed E-state index contributed by atoms with van der Waals surface area (Å²) in [6.45, 7) is 6.54. The molecule has 0 saturated carbocycles. The van der Waals surface area contributed by atoms with Gasteiger partial charge in [0.05, 0.1) is 7.11 Å². The van der Waals surface area contributed by atoms with Gasteiger partial charge in [-0.25, -0.2) is 0 Å². The van der Waals surface area contributed by atoms with Gasteiger partial charge in [-0.15, -0.1) is 0 Å². The monoisotopic (exact) mass is 223 g/mol. The first kappa shape index (κ1) is 12.0. The van der Waals surface area contributed by atoms with Gasteiger partial charge in [-0.2, -0.15) is 0 Å². The predicted octanol–water partition coefficient (Wildman–Crippen LogP) is 3.33. The van der Waals surface area contributed by atoms with Crippen LogP contribution in [0, 0.1) is 0 Å².